The van der Waals surface area contributed by atoms with Crippen LogP contribution in [-0.4, -0.2) is 128 Å². The fourth-order valence-corrected chi connectivity index (χ4v) is 10.8. The largest absolute Gasteiger partial charge is 0.496 e. The van der Waals surface area contributed by atoms with E-state index in [-0.39, 0.29) is 42.3 Å². The van der Waals surface area contributed by atoms with Crippen molar-refractivity contribution in [3.63, 3.8) is 0 Å². The Kier molecular flexibility index (Phi) is 11.1. The predicted molar refractivity (Wildman–Crippen MR) is 230 cm³/mol. The quantitative estimate of drug-likeness (QED) is 0.308. The van der Waals surface area contributed by atoms with E-state index in [1.165, 1.54) is 12.8 Å². The van der Waals surface area contributed by atoms with Gasteiger partial charge in [0.1, 0.15) is 17.5 Å². The van der Waals surface area contributed by atoms with Gasteiger partial charge >= 0.3 is 6.03 Å². The van der Waals surface area contributed by atoms with E-state index in [1.54, 1.807) is 42.7 Å². The van der Waals surface area contributed by atoms with Crippen LogP contribution in [0.4, 0.5) is 10.5 Å². The van der Waals surface area contributed by atoms with Gasteiger partial charge in [0.25, 0.3) is 11.5 Å². The number of anilines is 1. The second-order valence-corrected chi connectivity index (χ2v) is 18.1. The van der Waals surface area contributed by atoms with Gasteiger partial charge in [-0.05, 0) is 118 Å². The van der Waals surface area contributed by atoms with Crippen LogP contribution >= 0.6 is 0 Å². The molecule has 15 heteroatoms. The highest BCUT2D eigenvalue weighted by Crippen LogP contribution is 2.44. The van der Waals surface area contributed by atoms with Crippen molar-refractivity contribution < 1.29 is 28.7 Å². The summed E-state index contributed by atoms with van der Waals surface area (Å²) >= 11 is 0. The van der Waals surface area contributed by atoms with E-state index in [4.69, 9.17) is 9.47 Å². The number of carbonyl (C=O) groups excluding carboxylic acids is 4. The van der Waals surface area contributed by atoms with Crippen LogP contribution in [0.1, 0.15) is 71.1 Å². The van der Waals surface area contributed by atoms with Crippen molar-refractivity contribution >= 4 is 29.4 Å². The monoisotopic (exact) mass is 834 g/mol. The number of nitrogens with one attached hydrogen (secondary N) is 2. The van der Waals surface area contributed by atoms with Crippen molar-refractivity contribution in [3.8, 4) is 22.6 Å². The summed E-state index contributed by atoms with van der Waals surface area (Å²) in [7, 11) is 6.76. The molecule has 61 heavy (non-hydrogen) atoms. The zero-order valence-corrected chi connectivity index (χ0v) is 35.9. The van der Waals surface area contributed by atoms with E-state index in [9.17, 15) is 24.0 Å². The summed E-state index contributed by atoms with van der Waals surface area (Å²) in [5, 5.41) is 5.07. The molecule has 5 amide bonds. The summed E-state index contributed by atoms with van der Waals surface area (Å²) < 4.78 is 13.6. The number of ether oxygens (including phenoxy) is 2. The Bertz CT molecular complexity index is 2280. The maximum atomic E-state index is 13.2. The first-order valence-electron chi connectivity index (χ1n) is 21.9. The highest BCUT2D eigenvalue weighted by atomic mass is 16.5. The van der Waals surface area contributed by atoms with Gasteiger partial charge in [0.2, 0.25) is 11.8 Å². The number of amides is 5. The lowest BCUT2D eigenvalue weighted by atomic mass is 9.71. The normalized spacial score (nSPS) is 21.9. The van der Waals surface area contributed by atoms with Gasteiger partial charge in [0.15, 0.2) is 0 Å². The van der Waals surface area contributed by atoms with Crippen LogP contribution in [0.15, 0.2) is 41.3 Å². The number of aromatic nitrogens is 1. The number of urea groups is 1. The Morgan fingerprint density at radius 2 is 1.57 bits per heavy atom. The van der Waals surface area contributed by atoms with Gasteiger partial charge in [-0.2, -0.15) is 0 Å². The molecule has 0 bridgehead atoms. The van der Waals surface area contributed by atoms with Gasteiger partial charge in [-0.3, -0.25) is 29.4 Å². The number of pyridine rings is 1. The number of nitrogens with zero attached hydrogens (tertiary/aromatic N) is 6. The lowest BCUT2D eigenvalue weighted by molar-refractivity contribution is -0.136. The van der Waals surface area contributed by atoms with Crippen molar-refractivity contribution in [1.29, 1.82) is 0 Å². The van der Waals surface area contributed by atoms with Gasteiger partial charge < -0.3 is 39.0 Å². The van der Waals surface area contributed by atoms with E-state index in [0.717, 1.165) is 110 Å². The second kappa shape index (κ2) is 16.5. The summed E-state index contributed by atoms with van der Waals surface area (Å²) in [5.74, 6) is 1.42. The number of carbonyl (C=O) groups is 4. The van der Waals surface area contributed by atoms with Crippen LogP contribution in [0.5, 0.6) is 11.5 Å². The van der Waals surface area contributed by atoms with E-state index in [2.05, 4.69) is 43.5 Å². The minimum absolute atomic E-state index is 0.0855. The first-order chi connectivity index (χ1) is 29.5. The lowest BCUT2D eigenvalue weighted by Gasteiger charge is -2.55. The summed E-state index contributed by atoms with van der Waals surface area (Å²) in [6.07, 6.45) is 7.80. The maximum absolute atomic E-state index is 13.2. The van der Waals surface area contributed by atoms with Gasteiger partial charge in [-0.25, -0.2) is 4.79 Å². The van der Waals surface area contributed by atoms with Crippen molar-refractivity contribution in [2.75, 3.05) is 78.5 Å². The van der Waals surface area contributed by atoms with Crippen LogP contribution in [0.2, 0.25) is 0 Å². The number of fused-ring (bicyclic) bond motifs is 2. The Hall–Kier alpha value is -5.41. The van der Waals surface area contributed by atoms with Crippen LogP contribution in [0.25, 0.3) is 11.1 Å². The third kappa shape index (κ3) is 7.75. The fraction of sp³-hybridized carbons (Fsp3) is 0.543. The SMILES string of the molecule is CNC(=O)N1CCc2c(-c3cc(OC)c(CN4CCC(CN5CCC6(CC5)CN(c5ccc7c(c5)CN(C5CCC(=O)NC5=O)C7=O)C6)CC4)c(OC)c3)cn(C)c(=O)c2C1. The molecule has 0 saturated carbocycles. The maximum Gasteiger partial charge on any atom is 0.317 e. The topological polar surface area (TPSA) is 149 Å². The molecular formula is C46H58N8O7. The Balaban J connectivity index is 0.767. The number of likely N-dealkylation sites (tertiary alicyclic amines) is 2. The van der Waals surface area contributed by atoms with Crippen LogP contribution in [0.3, 0.4) is 0 Å². The molecule has 6 aliphatic heterocycles. The predicted octanol–water partition coefficient (Wildman–Crippen LogP) is 3.34. The molecule has 2 aromatic carbocycles. The molecule has 2 N–H and O–H groups in total. The zero-order chi connectivity index (χ0) is 42.6. The molecule has 1 unspecified atom stereocenters. The highest BCUT2D eigenvalue weighted by Gasteiger charge is 2.46. The first-order valence-corrected chi connectivity index (χ1v) is 21.9. The standard InChI is InChI=1S/C46H58N8O7/c1-47-45(59)52-16-11-34-35(24-49(2)43(57)36(34)26-52)30-20-39(60-3)37(40(21-30)61-4)25-50-14-9-29(10-15-50)22-51-17-12-46(13-18-51)27-53(28-46)32-5-6-33-31(19-32)23-54(44(33)58)38-7-8-41(55)48-42(38)56/h5-6,19-21,24,29,38H,7-18,22-23,25-28H2,1-4H3,(H,47,59)(H,48,55,56). The molecular weight excluding hydrogens is 777 g/mol. The molecule has 4 fully saturated rings. The Labute approximate surface area is 356 Å². The Morgan fingerprint density at radius 1 is 0.852 bits per heavy atom. The number of methoxy groups -OCH3 is 2. The van der Waals surface area contributed by atoms with Gasteiger partial charge in [-0.1, -0.05) is 0 Å². The van der Waals surface area contributed by atoms with Gasteiger partial charge in [0.05, 0.1) is 26.3 Å². The average molecular weight is 835 g/mol. The molecule has 4 saturated heterocycles. The van der Waals surface area contributed by atoms with Crippen LogP contribution in [0, 0.1) is 11.3 Å². The minimum Gasteiger partial charge on any atom is -0.496 e. The molecule has 1 spiro atoms. The second-order valence-electron chi connectivity index (χ2n) is 18.1. The zero-order valence-electron chi connectivity index (χ0n) is 35.9. The van der Waals surface area contributed by atoms with E-state index in [0.29, 0.717) is 48.4 Å². The first kappa shape index (κ1) is 41.0. The smallest absolute Gasteiger partial charge is 0.317 e. The molecule has 324 valence electrons. The average Bonchev–Trinajstić information content (AvgIpc) is 3.59. The minimum atomic E-state index is -0.594. The number of hydrogen-bond acceptors (Lipinski definition) is 10. The van der Waals surface area contributed by atoms with E-state index in [1.807, 2.05) is 18.3 Å². The van der Waals surface area contributed by atoms with Crippen molar-refractivity contribution in [2.45, 2.75) is 70.6 Å². The number of piperidine rings is 3. The van der Waals surface area contributed by atoms with Crippen LogP contribution in [-0.2, 0) is 42.7 Å². The molecule has 15 nitrogen and oxygen atoms in total. The van der Waals surface area contributed by atoms with Gasteiger partial charge in [-0.15, -0.1) is 0 Å². The molecule has 0 aliphatic carbocycles. The van der Waals surface area contributed by atoms with E-state index >= 15 is 0 Å². The Morgan fingerprint density at radius 3 is 2.25 bits per heavy atom. The summed E-state index contributed by atoms with van der Waals surface area (Å²) in [4.78, 5) is 73.9. The van der Waals surface area contributed by atoms with E-state index < -0.39 is 6.04 Å². The third-order valence-electron chi connectivity index (χ3n) is 14.4. The lowest BCUT2D eigenvalue weighted by Crippen LogP contribution is -2.60. The molecule has 1 aromatic heterocycles. The van der Waals surface area contributed by atoms with Crippen molar-refractivity contribution in [3.05, 3.63) is 74.7 Å². The van der Waals surface area contributed by atoms with Crippen LogP contribution < -0.4 is 30.6 Å². The molecule has 1 atom stereocenters. The number of hydrogen-bond donors (Lipinski definition) is 2. The molecule has 3 aromatic rings. The van der Waals surface area contributed by atoms with Crippen molar-refractivity contribution in [1.82, 2.24) is 34.8 Å². The summed E-state index contributed by atoms with van der Waals surface area (Å²) in [6.45, 7) is 9.42. The molecule has 6 aliphatic rings. The van der Waals surface area contributed by atoms with Crippen molar-refractivity contribution in [2.24, 2.45) is 18.4 Å². The summed E-state index contributed by atoms with van der Waals surface area (Å²) in [6, 6.07) is 9.43. The molecule has 0 radical (unpaired) electrons. The number of rotatable bonds is 9. The number of aryl methyl sites for hydroxylation is 1. The highest BCUT2D eigenvalue weighted by molar-refractivity contribution is 6.05. The number of benzene rings is 2. The molecule has 9 rings (SSSR count). The van der Waals surface area contributed by atoms with Gasteiger partial charge in [0, 0.05) is 93.8 Å². The summed E-state index contributed by atoms with van der Waals surface area (Å²) in [5.41, 5.74) is 7.53. The number of imide groups is 1. The molecule has 7 heterocycles. The third-order valence-corrected chi connectivity index (χ3v) is 14.4. The fourth-order valence-electron chi connectivity index (χ4n) is 10.8.